The van der Waals surface area contributed by atoms with Gasteiger partial charge in [0, 0.05) is 18.6 Å². The number of nitrogens with zero attached hydrogens (tertiary/aromatic N) is 3. The first-order chi connectivity index (χ1) is 9.02. The lowest BCUT2D eigenvalue weighted by Gasteiger charge is -2.34. The van der Waals surface area contributed by atoms with Gasteiger partial charge in [0.25, 0.3) is 0 Å². The Morgan fingerprint density at radius 2 is 2.00 bits per heavy atom. The summed E-state index contributed by atoms with van der Waals surface area (Å²) in [6.07, 6.45) is 3.59. The molecule has 0 aliphatic carbocycles. The molecule has 0 aromatic heterocycles. The minimum atomic E-state index is 0. The summed E-state index contributed by atoms with van der Waals surface area (Å²) in [5, 5.41) is 3.19. The second-order valence-corrected chi connectivity index (χ2v) is 5.76. The predicted octanol–water partition coefficient (Wildman–Crippen LogP) is 1.33. The molecule has 0 aromatic rings. The summed E-state index contributed by atoms with van der Waals surface area (Å²) in [6.45, 7) is 8.42. The molecule has 0 spiro atoms. The van der Waals surface area contributed by atoms with Gasteiger partial charge in [-0.15, -0.1) is 24.0 Å². The lowest BCUT2D eigenvalue weighted by atomic mass is 10.0. The highest BCUT2D eigenvalue weighted by molar-refractivity contribution is 14.0. The average molecular weight is 397 g/mol. The van der Waals surface area contributed by atoms with Gasteiger partial charge < -0.3 is 20.9 Å². The summed E-state index contributed by atoms with van der Waals surface area (Å²) in [7, 11) is 4.35. The first-order valence-electron chi connectivity index (χ1n) is 7.48. The fourth-order valence-corrected chi connectivity index (χ4v) is 2.37. The zero-order chi connectivity index (χ0) is 14.3. The third-order valence-corrected chi connectivity index (χ3v) is 3.99. The van der Waals surface area contributed by atoms with E-state index in [1.54, 1.807) is 0 Å². The van der Waals surface area contributed by atoms with Crippen LogP contribution in [0.4, 0.5) is 0 Å². The molecule has 3 N–H and O–H groups in total. The first kappa shape index (κ1) is 19.9. The van der Waals surface area contributed by atoms with Crippen LogP contribution in [0.2, 0.25) is 0 Å². The van der Waals surface area contributed by atoms with Crippen LogP contribution in [0.5, 0.6) is 0 Å². The largest absolute Gasteiger partial charge is 0.370 e. The SMILES string of the molecule is CCC(C)NC(N)=NCCN1CCC(N(C)C)CC1.I. The highest BCUT2D eigenvalue weighted by Gasteiger charge is 2.19. The van der Waals surface area contributed by atoms with E-state index in [-0.39, 0.29) is 24.0 Å². The Labute approximate surface area is 141 Å². The molecule has 120 valence electrons. The number of nitrogens with two attached hydrogens (primary N) is 1. The monoisotopic (exact) mass is 397 g/mol. The quantitative estimate of drug-likeness (QED) is 0.404. The van der Waals surface area contributed by atoms with Crippen molar-refractivity contribution < 1.29 is 0 Å². The van der Waals surface area contributed by atoms with Gasteiger partial charge in [-0.05, 0) is 53.4 Å². The van der Waals surface area contributed by atoms with E-state index in [0.29, 0.717) is 12.0 Å². The Hall–Kier alpha value is -0.0800. The molecule has 1 heterocycles. The molecule has 1 rings (SSSR count). The van der Waals surface area contributed by atoms with Gasteiger partial charge in [-0.25, -0.2) is 0 Å². The van der Waals surface area contributed by atoms with Crippen LogP contribution in [0.15, 0.2) is 4.99 Å². The molecule has 1 unspecified atom stereocenters. The molecule has 6 heteroatoms. The summed E-state index contributed by atoms with van der Waals surface area (Å²) in [4.78, 5) is 9.21. The first-order valence-corrected chi connectivity index (χ1v) is 7.48. The van der Waals surface area contributed by atoms with Crippen molar-refractivity contribution in [2.45, 2.75) is 45.2 Å². The highest BCUT2D eigenvalue weighted by atomic mass is 127. The number of halogens is 1. The third kappa shape index (κ3) is 7.64. The van der Waals surface area contributed by atoms with E-state index in [1.165, 1.54) is 25.9 Å². The van der Waals surface area contributed by atoms with Crippen LogP contribution in [0, 0.1) is 0 Å². The van der Waals surface area contributed by atoms with Crippen molar-refractivity contribution in [2.75, 3.05) is 40.3 Å². The second-order valence-electron chi connectivity index (χ2n) is 5.76. The summed E-state index contributed by atoms with van der Waals surface area (Å²) >= 11 is 0. The van der Waals surface area contributed by atoms with Crippen LogP contribution >= 0.6 is 24.0 Å². The molecular weight excluding hydrogens is 365 g/mol. The molecule has 20 heavy (non-hydrogen) atoms. The molecular formula is C14H32IN5. The zero-order valence-electron chi connectivity index (χ0n) is 13.4. The Morgan fingerprint density at radius 3 is 2.50 bits per heavy atom. The predicted molar refractivity (Wildman–Crippen MR) is 97.9 cm³/mol. The summed E-state index contributed by atoms with van der Waals surface area (Å²) in [5.41, 5.74) is 5.84. The number of aliphatic imine (C=N–C) groups is 1. The van der Waals surface area contributed by atoms with Crippen molar-refractivity contribution in [1.29, 1.82) is 0 Å². The Morgan fingerprint density at radius 1 is 1.40 bits per heavy atom. The van der Waals surface area contributed by atoms with Crippen molar-refractivity contribution >= 4 is 29.9 Å². The lowest BCUT2D eigenvalue weighted by molar-refractivity contribution is 0.148. The fraction of sp³-hybridized carbons (Fsp3) is 0.929. The van der Waals surface area contributed by atoms with E-state index < -0.39 is 0 Å². The minimum Gasteiger partial charge on any atom is -0.370 e. The normalized spacial score (nSPS) is 19.8. The van der Waals surface area contributed by atoms with E-state index in [1.807, 2.05) is 0 Å². The van der Waals surface area contributed by atoms with Crippen LogP contribution in [0.3, 0.4) is 0 Å². The number of nitrogens with one attached hydrogen (secondary N) is 1. The van der Waals surface area contributed by atoms with Gasteiger partial charge in [0.1, 0.15) is 0 Å². The number of hydrogen-bond donors (Lipinski definition) is 2. The van der Waals surface area contributed by atoms with Gasteiger partial charge in [0.2, 0.25) is 0 Å². The highest BCUT2D eigenvalue weighted by Crippen LogP contribution is 2.13. The maximum absolute atomic E-state index is 5.84. The standard InChI is InChI=1S/C14H31N5.HI/c1-5-12(2)17-14(15)16-8-11-19-9-6-13(7-10-19)18(3)4;/h12-13H,5-11H2,1-4H3,(H3,15,16,17);1H. The number of piperidine rings is 1. The van der Waals surface area contributed by atoms with E-state index in [2.05, 4.69) is 48.1 Å². The molecule has 5 nitrogen and oxygen atoms in total. The van der Waals surface area contributed by atoms with Gasteiger partial charge in [-0.2, -0.15) is 0 Å². The van der Waals surface area contributed by atoms with Crippen molar-refractivity contribution in [1.82, 2.24) is 15.1 Å². The molecule has 0 aromatic carbocycles. The van der Waals surface area contributed by atoms with Crippen molar-refractivity contribution in [3.8, 4) is 0 Å². The molecule has 0 bridgehead atoms. The molecule has 1 fully saturated rings. The van der Waals surface area contributed by atoms with E-state index in [4.69, 9.17) is 5.73 Å². The minimum absolute atomic E-state index is 0. The fourth-order valence-electron chi connectivity index (χ4n) is 2.37. The lowest BCUT2D eigenvalue weighted by Crippen LogP contribution is -2.43. The van der Waals surface area contributed by atoms with E-state index >= 15 is 0 Å². The second kappa shape index (κ2) is 10.6. The van der Waals surface area contributed by atoms with Crippen LogP contribution < -0.4 is 11.1 Å². The molecule has 0 radical (unpaired) electrons. The molecule has 0 saturated carbocycles. The molecule has 1 aliphatic heterocycles. The molecule has 1 saturated heterocycles. The number of rotatable bonds is 6. The maximum atomic E-state index is 5.84. The van der Waals surface area contributed by atoms with E-state index in [9.17, 15) is 0 Å². The summed E-state index contributed by atoms with van der Waals surface area (Å²) in [6, 6.07) is 1.15. The summed E-state index contributed by atoms with van der Waals surface area (Å²) < 4.78 is 0. The number of likely N-dealkylation sites (tertiary alicyclic amines) is 1. The van der Waals surface area contributed by atoms with Crippen LogP contribution in [-0.4, -0.2) is 68.1 Å². The molecule has 1 atom stereocenters. The number of hydrogen-bond acceptors (Lipinski definition) is 3. The van der Waals surface area contributed by atoms with Crippen LogP contribution in [0.25, 0.3) is 0 Å². The Bertz CT molecular complexity index is 275. The van der Waals surface area contributed by atoms with Gasteiger partial charge in [-0.1, -0.05) is 6.92 Å². The smallest absolute Gasteiger partial charge is 0.188 e. The van der Waals surface area contributed by atoms with Crippen molar-refractivity contribution in [3.05, 3.63) is 0 Å². The Kier molecular flexibility index (Phi) is 10.6. The third-order valence-electron chi connectivity index (χ3n) is 3.99. The maximum Gasteiger partial charge on any atom is 0.188 e. The van der Waals surface area contributed by atoms with Crippen molar-refractivity contribution in [2.24, 2.45) is 10.7 Å². The van der Waals surface area contributed by atoms with Gasteiger partial charge in [-0.3, -0.25) is 4.99 Å². The van der Waals surface area contributed by atoms with Gasteiger partial charge in [0.05, 0.1) is 6.54 Å². The average Bonchev–Trinajstić information content (AvgIpc) is 2.39. The van der Waals surface area contributed by atoms with Crippen LogP contribution in [-0.2, 0) is 0 Å². The zero-order valence-corrected chi connectivity index (χ0v) is 15.8. The molecule has 1 aliphatic rings. The molecule has 0 amide bonds. The Balaban J connectivity index is 0.00000361. The van der Waals surface area contributed by atoms with Gasteiger partial charge >= 0.3 is 0 Å². The van der Waals surface area contributed by atoms with Gasteiger partial charge in [0.15, 0.2) is 5.96 Å². The van der Waals surface area contributed by atoms with Crippen molar-refractivity contribution in [3.63, 3.8) is 0 Å². The topological polar surface area (TPSA) is 56.9 Å². The van der Waals surface area contributed by atoms with Crippen LogP contribution in [0.1, 0.15) is 33.1 Å². The number of guanidine groups is 1. The van der Waals surface area contributed by atoms with E-state index in [0.717, 1.165) is 25.6 Å². The summed E-state index contributed by atoms with van der Waals surface area (Å²) in [5.74, 6) is 0.581.